The Bertz CT molecular complexity index is 1190. The standard InChI is InChI=1S/C24H23N3O2S/c1-2-11-29-21-13-17(14-22-18(21)9-12-30-22)24(28)27-10-5-6-16(15-27)23-25-19-7-3-4-8-20(19)26-23/h2-4,7-9,12-14,16H,1,5-6,10-11,15H2,(H,25,26). The van der Waals surface area contributed by atoms with Gasteiger partial charge in [0.15, 0.2) is 0 Å². The van der Waals surface area contributed by atoms with Crippen LogP contribution in [0.5, 0.6) is 5.75 Å². The summed E-state index contributed by atoms with van der Waals surface area (Å²) < 4.78 is 6.89. The van der Waals surface area contributed by atoms with Crippen molar-refractivity contribution in [1.82, 2.24) is 14.9 Å². The third kappa shape index (κ3) is 3.48. The number of aromatic amines is 1. The van der Waals surface area contributed by atoms with Gasteiger partial charge >= 0.3 is 0 Å². The number of benzene rings is 2. The van der Waals surface area contributed by atoms with Gasteiger partial charge in [-0.05, 0) is 48.6 Å². The number of amides is 1. The summed E-state index contributed by atoms with van der Waals surface area (Å²) in [4.78, 5) is 23.5. The van der Waals surface area contributed by atoms with E-state index in [1.54, 1.807) is 17.4 Å². The number of nitrogens with zero attached hydrogens (tertiary/aromatic N) is 2. The molecule has 0 bridgehead atoms. The van der Waals surface area contributed by atoms with E-state index < -0.39 is 0 Å². The second-order valence-electron chi connectivity index (χ2n) is 7.64. The van der Waals surface area contributed by atoms with Crippen molar-refractivity contribution < 1.29 is 9.53 Å². The Hall–Kier alpha value is -3.12. The number of imidazole rings is 1. The number of carbonyl (C=O) groups excluding carboxylic acids is 1. The second-order valence-corrected chi connectivity index (χ2v) is 8.58. The van der Waals surface area contributed by atoms with E-state index >= 15 is 0 Å². The van der Waals surface area contributed by atoms with Gasteiger partial charge in [0.2, 0.25) is 0 Å². The van der Waals surface area contributed by atoms with Gasteiger partial charge in [-0.15, -0.1) is 11.3 Å². The maximum atomic E-state index is 13.4. The smallest absolute Gasteiger partial charge is 0.254 e. The monoisotopic (exact) mass is 417 g/mol. The van der Waals surface area contributed by atoms with Crippen LogP contribution in [-0.2, 0) is 0 Å². The average molecular weight is 418 g/mol. The number of likely N-dealkylation sites (tertiary alicyclic amines) is 1. The van der Waals surface area contributed by atoms with Gasteiger partial charge in [-0.3, -0.25) is 4.79 Å². The highest BCUT2D eigenvalue weighted by Gasteiger charge is 2.28. The molecule has 1 unspecified atom stereocenters. The highest BCUT2D eigenvalue weighted by atomic mass is 32.1. The van der Waals surface area contributed by atoms with Crippen molar-refractivity contribution in [2.45, 2.75) is 18.8 Å². The minimum Gasteiger partial charge on any atom is -0.489 e. The summed E-state index contributed by atoms with van der Waals surface area (Å²) >= 11 is 1.62. The summed E-state index contributed by atoms with van der Waals surface area (Å²) in [5, 5.41) is 3.07. The molecule has 3 heterocycles. The molecule has 1 fully saturated rings. The third-order valence-electron chi connectivity index (χ3n) is 5.64. The predicted octanol–water partition coefficient (Wildman–Crippen LogP) is 5.36. The van der Waals surface area contributed by atoms with Crippen molar-refractivity contribution in [2.75, 3.05) is 19.7 Å². The molecule has 1 atom stereocenters. The molecule has 4 aromatic rings. The van der Waals surface area contributed by atoms with E-state index in [9.17, 15) is 4.79 Å². The molecule has 30 heavy (non-hydrogen) atoms. The molecular weight excluding hydrogens is 394 g/mol. The molecule has 5 rings (SSSR count). The molecule has 152 valence electrons. The van der Waals surface area contributed by atoms with Crippen LogP contribution >= 0.6 is 11.3 Å². The van der Waals surface area contributed by atoms with Crippen LogP contribution < -0.4 is 4.74 Å². The summed E-state index contributed by atoms with van der Waals surface area (Å²) in [7, 11) is 0. The van der Waals surface area contributed by atoms with Crippen molar-refractivity contribution >= 4 is 38.4 Å². The Morgan fingerprint density at radius 3 is 3.10 bits per heavy atom. The maximum absolute atomic E-state index is 13.4. The molecule has 1 amide bonds. The zero-order chi connectivity index (χ0) is 20.5. The third-order valence-corrected chi connectivity index (χ3v) is 6.50. The van der Waals surface area contributed by atoms with Gasteiger partial charge in [-0.2, -0.15) is 0 Å². The number of rotatable bonds is 5. The molecule has 1 aliphatic rings. The molecular formula is C24H23N3O2S. The molecule has 0 spiro atoms. The fraction of sp³-hybridized carbons (Fsp3) is 0.250. The van der Waals surface area contributed by atoms with Crippen molar-refractivity contribution in [3.8, 4) is 5.75 Å². The molecule has 0 saturated carbocycles. The lowest BCUT2D eigenvalue weighted by molar-refractivity contribution is 0.0704. The molecule has 1 N–H and O–H groups in total. The van der Waals surface area contributed by atoms with Gasteiger partial charge < -0.3 is 14.6 Å². The number of nitrogens with one attached hydrogen (secondary N) is 1. The Morgan fingerprint density at radius 2 is 2.23 bits per heavy atom. The Balaban J connectivity index is 1.41. The zero-order valence-corrected chi connectivity index (χ0v) is 17.5. The molecule has 2 aromatic heterocycles. The molecule has 5 nitrogen and oxygen atoms in total. The summed E-state index contributed by atoms with van der Waals surface area (Å²) in [6, 6.07) is 13.9. The first-order chi connectivity index (χ1) is 14.7. The maximum Gasteiger partial charge on any atom is 0.254 e. The van der Waals surface area contributed by atoms with Gasteiger partial charge in [0.05, 0.1) is 11.0 Å². The normalized spacial score (nSPS) is 16.8. The number of para-hydroxylation sites is 2. The number of fused-ring (bicyclic) bond motifs is 2. The number of piperidine rings is 1. The van der Waals surface area contributed by atoms with Crippen LogP contribution in [0, 0.1) is 0 Å². The molecule has 2 aromatic carbocycles. The van der Waals surface area contributed by atoms with Crippen LogP contribution in [0.2, 0.25) is 0 Å². The highest BCUT2D eigenvalue weighted by Crippen LogP contribution is 2.33. The van der Waals surface area contributed by atoms with Crippen LogP contribution in [0.1, 0.15) is 34.9 Å². The van der Waals surface area contributed by atoms with E-state index in [-0.39, 0.29) is 11.8 Å². The number of ether oxygens (including phenoxy) is 1. The fourth-order valence-electron chi connectivity index (χ4n) is 4.16. The number of carbonyl (C=O) groups is 1. The molecule has 0 aliphatic carbocycles. The van der Waals surface area contributed by atoms with Crippen molar-refractivity contribution in [1.29, 1.82) is 0 Å². The van der Waals surface area contributed by atoms with E-state index in [4.69, 9.17) is 9.72 Å². The van der Waals surface area contributed by atoms with Gasteiger partial charge in [0.1, 0.15) is 18.2 Å². The van der Waals surface area contributed by atoms with E-state index in [0.717, 1.165) is 52.1 Å². The van der Waals surface area contributed by atoms with Crippen LogP contribution in [-0.4, -0.2) is 40.5 Å². The number of hydrogen-bond acceptors (Lipinski definition) is 4. The zero-order valence-electron chi connectivity index (χ0n) is 16.6. The summed E-state index contributed by atoms with van der Waals surface area (Å²) in [5.41, 5.74) is 2.69. The van der Waals surface area contributed by atoms with Crippen LogP contribution in [0.3, 0.4) is 0 Å². The van der Waals surface area contributed by atoms with E-state index in [0.29, 0.717) is 18.7 Å². The Labute approximate surface area is 179 Å². The number of hydrogen-bond donors (Lipinski definition) is 1. The van der Waals surface area contributed by atoms with Crippen LogP contribution in [0.15, 0.2) is 60.5 Å². The van der Waals surface area contributed by atoms with Crippen LogP contribution in [0.25, 0.3) is 21.1 Å². The van der Waals surface area contributed by atoms with Gasteiger partial charge in [-0.25, -0.2) is 4.98 Å². The molecule has 1 aliphatic heterocycles. The van der Waals surface area contributed by atoms with Crippen molar-refractivity contribution in [3.05, 3.63) is 71.9 Å². The lowest BCUT2D eigenvalue weighted by Crippen LogP contribution is -2.39. The average Bonchev–Trinajstić information content (AvgIpc) is 3.44. The first kappa shape index (κ1) is 18.9. The highest BCUT2D eigenvalue weighted by molar-refractivity contribution is 7.17. The first-order valence-electron chi connectivity index (χ1n) is 10.2. The number of thiophene rings is 1. The number of H-pyrrole nitrogens is 1. The fourth-order valence-corrected chi connectivity index (χ4v) is 5.00. The molecule has 0 radical (unpaired) electrons. The van der Waals surface area contributed by atoms with Gasteiger partial charge in [-0.1, -0.05) is 24.8 Å². The van der Waals surface area contributed by atoms with Gasteiger partial charge in [0.25, 0.3) is 5.91 Å². The topological polar surface area (TPSA) is 58.2 Å². The minimum absolute atomic E-state index is 0.0505. The SMILES string of the molecule is C=CCOc1cc(C(=O)N2CCCC(c3nc4ccccc4[nH]3)C2)cc2sccc12. The molecule has 6 heteroatoms. The second kappa shape index (κ2) is 7.95. The first-order valence-corrected chi connectivity index (χ1v) is 11.1. The van der Waals surface area contributed by atoms with Crippen molar-refractivity contribution in [3.63, 3.8) is 0 Å². The largest absolute Gasteiger partial charge is 0.489 e. The quantitative estimate of drug-likeness (QED) is 0.445. The van der Waals surface area contributed by atoms with Crippen molar-refractivity contribution in [2.24, 2.45) is 0 Å². The lowest BCUT2D eigenvalue weighted by Gasteiger charge is -2.32. The summed E-state index contributed by atoms with van der Waals surface area (Å²) in [6.45, 7) is 5.57. The summed E-state index contributed by atoms with van der Waals surface area (Å²) in [6.07, 6.45) is 3.71. The van der Waals surface area contributed by atoms with Crippen LogP contribution in [0.4, 0.5) is 0 Å². The lowest BCUT2D eigenvalue weighted by atomic mass is 9.96. The minimum atomic E-state index is 0.0505. The summed E-state index contributed by atoms with van der Waals surface area (Å²) in [5.74, 6) is 1.98. The van der Waals surface area contributed by atoms with E-state index in [1.165, 1.54) is 0 Å². The predicted molar refractivity (Wildman–Crippen MR) is 121 cm³/mol. The van der Waals surface area contributed by atoms with E-state index in [1.807, 2.05) is 52.7 Å². The Morgan fingerprint density at radius 1 is 1.33 bits per heavy atom. The number of aromatic nitrogens is 2. The van der Waals surface area contributed by atoms with Gasteiger partial charge in [0, 0.05) is 34.7 Å². The van der Waals surface area contributed by atoms with E-state index in [2.05, 4.69) is 11.6 Å². The Kier molecular flexibility index (Phi) is 5.01. The molecule has 1 saturated heterocycles.